The van der Waals surface area contributed by atoms with E-state index in [0.717, 1.165) is 11.4 Å². The quantitative estimate of drug-likeness (QED) is 0.703. The van der Waals surface area contributed by atoms with E-state index in [9.17, 15) is 4.79 Å². The highest BCUT2D eigenvalue weighted by Gasteiger charge is 2.34. The first-order valence-corrected chi connectivity index (χ1v) is 8.90. The van der Waals surface area contributed by atoms with Crippen molar-refractivity contribution in [1.82, 2.24) is 10.1 Å². The molecule has 25 heavy (non-hydrogen) atoms. The van der Waals surface area contributed by atoms with E-state index in [-0.39, 0.29) is 11.8 Å². The van der Waals surface area contributed by atoms with Gasteiger partial charge in [-0.2, -0.15) is 4.98 Å². The summed E-state index contributed by atoms with van der Waals surface area (Å²) in [6.07, 6.45) is 1.03. The van der Waals surface area contributed by atoms with Crippen LogP contribution in [0.25, 0.3) is 0 Å². The number of hydrogen-bond donors (Lipinski definition) is 0. The third-order valence-corrected chi connectivity index (χ3v) is 5.14. The summed E-state index contributed by atoms with van der Waals surface area (Å²) in [6.45, 7) is 0.559. The smallest absolute Gasteiger partial charge is 0.231 e. The fourth-order valence-corrected chi connectivity index (χ4v) is 3.66. The number of methoxy groups -OCH3 is 1. The molecule has 4 rings (SSSR count). The largest absolute Gasteiger partial charge is 0.497 e. The van der Waals surface area contributed by atoms with E-state index in [1.54, 1.807) is 23.3 Å². The van der Waals surface area contributed by atoms with Gasteiger partial charge in [0.2, 0.25) is 11.8 Å². The number of aromatic nitrogens is 2. The van der Waals surface area contributed by atoms with Gasteiger partial charge in [0.1, 0.15) is 5.75 Å². The van der Waals surface area contributed by atoms with Gasteiger partial charge in [-0.15, -0.1) is 11.3 Å². The summed E-state index contributed by atoms with van der Waals surface area (Å²) in [4.78, 5) is 19.8. The summed E-state index contributed by atoms with van der Waals surface area (Å²) in [5, 5.41) is 6.11. The van der Waals surface area contributed by atoms with Crippen LogP contribution in [0.2, 0.25) is 0 Å². The number of rotatable bonds is 5. The monoisotopic (exact) mass is 355 g/mol. The van der Waals surface area contributed by atoms with E-state index in [0.29, 0.717) is 31.1 Å². The van der Waals surface area contributed by atoms with Crippen molar-refractivity contribution in [1.29, 1.82) is 0 Å². The second kappa shape index (κ2) is 6.68. The second-order valence-electron chi connectivity index (χ2n) is 5.91. The molecule has 0 bridgehead atoms. The molecule has 0 saturated carbocycles. The van der Waals surface area contributed by atoms with Crippen LogP contribution in [-0.2, 0) is 11.2 Å². The molecule has 0 aliphatic carbocycles. The predicted octanol–water partition coefficient (Wildman–Crippen LogP) is 3.25. The third kappa shape index (κ3) is 3.28. The SMILES string of the molecule is COc1ccc(N2C[C@H](c3noc(Cc4cccs4)n3)CC2=O)cc1. The first-order chi connectivity index (χ1) is 12.2. The Bertz CT molecular complexity index is 858. The normalized spacial score (nSPS) is 17.2. The van der Waals surface area contributed by atoms with E-state index in [4.69, 9.17) is 9.26 Å². The second-order valence-corrected chi connectivity index (χ2v) is 6.94. The zero-order valence-electron chi connectivity index (χ0n) is 13.7. The molecule has 0 unspecified atom stereocenters. The minimum Gasteiger partial charge on any atom is -0.497 e. The summed E-state index contributed by atoms with van der Waals surface area (Å²) in [7, 11) is 1.62. The van der Waals surface area contributed by atoms with Crippen LogP contribution in [0.15, 0.2) is 46.3 Å². The van der Waals surface area contributed by atoms with Crippen molar-refractivity contribution in [3.05, 3.63) is 58.4 Å². The maximum absolute atomic E-state index is 12.4. The highest BCUT2D eigenvalue weighted by Crippen LogP contribution is 2.31. The zero-order chi connectivity index (χ0) is 17.2. The number of benzene rings is 1. The highest BCUT2D eigenvalue weighted by molar-refractivity contribution is 7.09. The fourth-order valence-electron chi connectivity index (χ4n) is 2.96. The number of amides is 1. The summed E-state index contributed by atoms with van der Waals surface area (Å²) in [5.41, 5.74) is 0.857. The Kier molecular flexibility index (Phi) is 4.23. The van der Waals surface area contributed by atoms with E-state index >= 15 is 0 Å². The van der Waals surface area contributed by atoms with Crippen LogP contribution in [0.5, 0.6) is 5.75 Å². The Morgan fingerprint density at radius 2 is 2.16 bits per heavy atom. The third-order valence-electron chi connectivity index (χ3n) is 4.26. The molecule has 7 heteroatoms. The van der Waals surface area contributed by atoms with Gasteiger partial charge < -0.3 is 14.2 Å². The predicted molar refractivity (Wildman–Crippen MR) is 94.1 cm³/mol. The zero-order valence-corrected chi connectivity index (χ0v) is 14.5. The Morgan fingerprint density at radius 1 is 1.32 bits per heavy atom. The van der Waals surface area contributed by atoms with E-state index in [1.165, 1.54) is 4.88 Å². The van der Waals surface area contributed by atoms with Gasteiger partial charge in [-0.05, 0) is 35.7 Å². The van der Waals surface area contributed by atoms with Crippen LogP contribution < -0.4 is 9.64 Å². The van der Waals surface area contributed by atoms with Crippen molar-refractivity contribution in [3.8, 4) is 5.75 Å². The van der Waals surface area contributed by atoms with Crippen molar-refractivity contribution in [2.75, 3.05) is 18.6 Å². The summed E-state index contributed by atoms with van der Waals surface area (Å²) in [6, 6.07) is 11.5. The van der Waals surface area contributed by atoms with E-state index < -0.39 is 0 Å². The van der Waals surface area contributed by atoms with Crippen molar-refractivity contribution >= 4 is 22.9 Å². The van der Waals surface area contributed by atoms with Gasteiger partial charge in [-0.1, -0.05) is 11.2 Å². The molecule has 0 N–H and O–H groups in total. The van der Waals surface area contributed by atoms with Crippen LogP contribution in [-0.4, -0.2) is 29.7 Å². The Hall–Kier alpha value is -2.67. The topological polar surface area (TPSA) is 68.5 Å². The number of thiophene rings is 1. The molecule has 1 aliphatic heterocycles. The van der Waals surface area contributed by atoms with Gasteiger partial charge in [0.15, 0.2) is 5.82 Å². The van der Waals surface area contributed by atoms with Gasteiger partial charge in [-0.3, -0.25) is 4.79 Å². The van der Waals surface area contributed by atoms with Crippen molar-refractivity contribution in [2.45, 2.75) is 18.8 Å². The lowest BCUT2D eigenvalue weighted by molar-refractivity contribution is -0.117. The molecule has 3 heterocycles. The van der Waals surface area contributed by atoms with Crippen LogP contribution >= 0.6 is 11.3 Å². The summed E-state index contributed by atoms with van der Waals surface area (Å²) >= 11 is 1.66. The lowest BCUT2D eigenvalue weighted by Crippen LogP contribution is -2.24. The molecule has 1 aromatic carbocycles. The van der Waals surface area contributed by atoms with Crippen molar-refractivity contribution in [2.24, 2.45) is 0 Å². The van der Waals surface area contributed by atoms with Gasteiger partial charge in [0, 0.05) is 29.4 Å². The molecule has 0 radical (unpaired) electrons. The molecule has 0 spiro atoms. The average molecular weight is 355 g/mol. The standard InChI is InChI=1S/C18H17N3O3S/c1-23-14-6-4-13(5-7-14)21-11-12(9-17(21)22)18-19-16(24-20-18)10-15-3-2-8-25-15/h2-8,12H,9-11H2,1H3/t12-/m1/s1. The number of nitrogens with zero attached hydrogens (tertiary/aromatic N) is 3. The molecule has 1 aliphatic rings. The van der Waals surface area contributed by atoms with Gasteiger partial charge >= 0.3 is 0 Å². The highest BCUT2D eigenvalue weighted by atomic mass is 32.1. The molecule has 1 fully saturated rings. The van der Waals surface area contributed by atoms with Gasteiger partial charge in [0.25, 0.3) is 0 Å². The Balaban J connectivity index is 1.47. The van der Waals surface area contributed by atoms with Crippen LogP contribution in [0.1, 0.15) is 28.9 Å². The number of hydrogen-bond acceptors (Lipinski definition) is 6. The molecule has 1 amide bonds. The van der Waals surface area contributed by atoms with Gasteiger partial charge in [-0.25, -0.2) is 0 Å². The molecule has 1 saturated heterocycles. The van der Waals surface area contributed by atoms with Crippen molar-refractivity contribution < 1.29 is 14.1 Å². The molecule has 2 aromatic heterocycles. The van der Waals surface area contributed by atoms with E-state index in [2.05, 4.69) is 10.1 Å². The average Bonchev–Trinajstić information content (AvgIpc) is 3.37. The van der Waals surface area contributed by atoms with Crippen LogP contribution in [0, 0.1) is 0 Å². The number of anilines is 1. The Labute approximate surface area is 149 Å². The number of carbonyl (C=O) groups is 1. The Morgan fingerprint density at radius 3 is 2.88 bits per heavy atom. The number of ether oxygens (including phenoxy) is 1. The minimum atomic E-state index is -0.0459. The lowest BCUT2D eigenvalue weighted by Gasteiger charge is -2.16. The summed E-state index contributed by atoms with van der Waals surface area (Å²) < 4.78 is 10.5. The summed E-state index contributed by atoms with van der Waals surface area (Å²) in [5.74, 6) is 1.99. The van der Waals surface area contributed by atoms with Gasteiger partial charge in [0.05, 0.1) is 13.5 Å². The molecular weight excluding hydrogens is 338 g/mol. The maximum Gasteiger partial charge on any atom is 0.231 e. The van der Waals surface area contributed by atoms with E-state index in [1.807, 2.05) is 41.8 Å². The molecule has 128 valence electrons. The van der Waals surface area contributed by atoms with Crippen LogP contribution in [0.3, 0.4) is 0 Å². The van der Waals surface area contributed by atoms with Crippen LogP contribution in [0.4, 0.5) is 5.69 Å². The number of carbonyl (C=O) groups excluding carboxylic acids is 1. The van der Waals surface area contributed by atoms with Crippen molar-refractivity contribution in [3.63, 3.8) is 0 Å². The minimum absolute atomic E-state index is 0.0459. The first-order valence-electron chi connectivity index (χ1n) is 8.02. The first kappa shape index (κ1) is 15.8. The maximum atomic E-state index is 12.4. The molecule has 3 aromatic rings. The lowest BCUT2D eigenvalue weighted by atomic mass is 10.1. The fraction of sp³-hybridized carbons (Fsp3) is 0.278. The molecule has 6 nitrogen and oxygen atoms in total. The molecular formula is C18H17N3O3S. The molecule has 1 atom stereocenters.